The van der Waals surface area contributed by atoms with Gasteiger partial charge in [0.15, 0.2) is 0 Å². The Hall–Kier alpha value is -0.0513. The summed E-state index contributed by atoms with van der Waals surface area (Å²) >= 11 is -0.412. The SMILES string of the molecule is C[C](C)(C)[Sn][c]1cccnc1. The predicted octanol–water partition coefficient (Wildman–Crippen LogP) is 1.63. The zero-order valence-corrected chi connectivity index (χ0v) is 10.1. The molecule has 1 nitrogen and oxygen atoms in total. The number of pyridine rings is 1. The second kappa shape index (κ2) is 3.57. The van der Waals surface area contributed by atoms with E-state index in [0.29, 0.717) is 3.43 Å². The molecule has 1 rings (SSSR count). The maximum absolute atomic E-state index is 4.11. The molecule has 0 saturated heterocycles. The molecule has 0 unspecified atom stereocenters. The van der Waals surface area contributed by atoms with Crippen LogP contribution in [-0.4, -0.2) is 26.1 Å². The molecule has 2 radical (unpaired) electrons. The Morgan fingerprint density at radius 3 is 2.55 bits per heavy atom. The van der Waals surface area contributed by atoms with Crippen molar-refractivity contribution in [1.29, 1.82) is 0 Å². The van der Waals surface area contributed by atoms with Gasteiger partial charge in [-0.2, -0.15) is 0 Å². The summed E-state index contributed by atoms with van der Waals surface area (Å²) in [6, 6.07) is 4.23. The van der Waals surface area contributed by atoms with Crippen LogP contribution in [0, 0.1) is 0 Å². The zero-order chi connectivity index (χ0) is 8.32. The van der Waals surface area contributed by atoms with Gasteiger partial charge in [-0.3, -0.25) is 0 Å². The minimum atomic E-state index is -0.412. The van der Waals surface area contributed by atoms with Crippen LogP contribution in [0.4, 0.5) is 0 Å². The van der Waals surface area contributed by atoms with Gasteiger partial charge in [0.25, 0.3) is 0 Å². The molecule has 2 heteroatoms. The molecule has 0 amide bonds. The fourth-order valence-electron chi connectivity index (χ4n) is 0.870. The summed E-state index contributed by atoms with van der Waals surface area (Å²) in [5.41, 5.74) is 0. The van der Waals surface area contributed by atoms with Crippen LogP contribution in [-0.2, 0) is 0 Å². The van der Waals surface area contributed by atoms with Crippen LogP contribution in [0.5, 0.6) is 0 Å². The van der Waals surface area contributed by atoms with Crippen molar-refractivity contribution in [1.82, 2.24) is 4.98 Å². The molecule has 58 valence electrons. The van der Waals surface area contributed by atoms with E-state index < -0.39 is 21.1 Å². The van der Waals surface area contributed by atoms with Gasteiger partial charge in [0.2, 0.25) is 0 Å². The van der Waals surface area contributed by atoms with E-state index in [2.05, 4.69) is 31.8 Å². The third-order valence-corrected chi connectivity index (χ3v) is 4.99. The van der Waals surface area contributed by atoms with E-state index in [9.17, 15) is 0 Å². The quantitative estimate of drug-likeness (QED) is 0.694. The van der Waals surface area contributed by atoms with Gasteiger partial charge in [-0.1, -0.05) is 0 Å². The van der Waals surface area contributed by atoms with Crippen molar-refractivity contribution >= 4 is 24.7 Å². The predicted molar refractivity (Wildman–Crippen MR) is 49.3 cm³/mol. The average molecular weight is 254 g/mol. The number of rotatable bonds is 1. The minimum absolute atomic E-state index is 0.412. The Morgan fingerprint density at radius 1 is 1.36 bits per heavy atom. The van der Waals surface area contributed by atoms with Crippen LogP contribution < -0.4 is 3.58 Å². The maximum atomic E-state index is 4.11. The topological polar surface area (TPSA) is 12.9 Å². The molecule has 0 spiro atoms. The van der Waals surface area contributed by atoms with Crippen LogP contribution in [0.25, 0.3) is 0 Å². The number of hydrogen-bond acceptors (Lipinski definition) is 1. The fraction of sp³-hybridized carbons (Fsp3) is 0.444. The first-order chi connectivity index (χ1) is 5.08. The van der Waals surface area contributed by atoms with E-state index >= 15 is 0 Å². The van der Waals surface area contributed by atoms with Crippen molar-refractivity contribution in [3.05, 3.63) is 24.5 Å². The molecule has 0 saturated carbocycles. The molecule has 0 aromatic carbocycles. The second-order valence-corrected chi connectivity index (χ2v) is 10.3. The normalized spacial score (nSPS) is 11.5. The summed E-state index contributed by atoms with van der Waals surface area (Å²) in [7, 11) is 0. The average Bonchev–Trinajstić information content (AvgIpc) is 1.85. The van der Waals surface area contributed by atoms with Gasteiger partial charge in [-0.25, -0.2) is 0 Å². The molecule has 1 aromatic rings. The van der Waals surface area contributed by atoms with Crippen LogP contribution >= 0.6 is 0 Å². The molecule has 0 aliphatic rings. The van der Waals surface area contributed by atoms with Gasteiger partial charge in [0.1, 0.15) is 0 Å². The first-order valence-corrected chi connectivity index (χ1v) is 6.61. The standard InChI is InChI=1S/C5H4N.C4H9.Sn/c1-2-4-6-5-3-1;1-4(2)3;/h1-2,4-5H;1-3H3;. The van der Waals surface area contributed by atoms with Crippen molar-refractivity contribution in [2.75, 3.05) is 0 Å². The van der Waals surface area contributed by atoms with Gasteiger partial charge in [-0.15, -0.1) is 0 Å². The Balaban J connectivity index is 2.66. The molecule has 0 bridgehead atoms. The third kappa shape index (κ3) is 3.75. The number of hydrogen-bond donors (Lipinski definition) is 0. The first kappa shape index (κ1) is 9.04. The van der Waals surface area contributed by atoms with E-state index in [1.54, 1.807) is 0 Å². The Bertz CT molecular complexity index is 213. The van der Waals surface area contributed by atoms with Gasteiger partial charge >= 0.3 is 78.4 Å². The van der Waals surface area contributed by atoms with Crippen molar-refractivity contribution in [3.63, 3.8) is 0 Å². The van der Waals surface area contributed by atoms with Crippen LogP contribution in [0.2, 0.25) is 3.43 Å². The zero-order valence-electron chi connectivity index (χ0n) is 7.26. The first-order valence-electron chi connectivity index (χ1n) is 3.76. The van der Waals surface area contributed by atoms with E-state index in [-0.39, 0.29) is 0 Å². The van der Waals surface area contributed by atoms with E-state index in [0.717, 1.165) is 0 Å². The Kier molecular flexibility index (Phi) is 2.93. The molecular formula is C9H13NSn. The van der Waals surface area contributed by atoms with E-state index in [4.69, 9.17) is 0 Å². The Morgan fingerprint density at radius 2 is 2.09 bits per heavy atom. The molecule has 0 aliphatic carbocycles. The molecule has 0 atom stereocenters. The summed E-state index contributed by atoms with van der Waals surface area (Å²) in [6.07, 6.45) is 3.85. The molecule has 0 aliphatic heterocycles. The summed E-state index contributed by atoms with van der Waals surface area (Å²) in [4.78, 5) is 4.11. The van der Waals surface area contributed by atoms with Gasteiger partial charge in [-0.05, 0) is 0 Å². The molecule has 0 fully saturated rings. The third-order valence-electron chi connectivity index (χ3n) is 1.18. The van der Waals surface area contributed by atoms with Crippen molar-refractivity contribution in [2.24, 2.45) is 0 Å². The van der Waals surface area contributed by atoms with Crippen LogP contribution in [0.1, 0.15) is 20.8 Å². The summed E-state index contributed by atoms with van der Waals surface area (Å²) < 4.78 is 2.02. The second-order valence-electron chi connectivity index (χ2n) is 3.62. The summed E-state index contributed by atoms with van der Waals surface area (Å²) in [5, 5.41) is 0. The van der Waals surface area contributed by atoms with Crippen LogP contribution in [0.15, 0.2) is 24.5 Å². The number of aromatic nitrogens is 1. The van der Waals surface area contributed by atoms with Gasteiger partial charge in [0.05, 0.1) is 0 Å². The van der Waals surface area contributed by atoms with Crippen LogP contribution in [0.3, 0.4) is 0 Å². The van der Waals surface area contributed by atoms with Crippen molar-refractivity contribution < 1.29 is 0 Å². The van der Waals surface area contributed by atoms with Gasteiger partial charge < -0.3 is 0 Å². The molecule has 1 heterocycles. The van der Waals surface area contributed by atoms with Gasteiger partial charge in [0, 0.05) is 0 Å². The molecular weight excluding hydrogens is 241 g/mol. The van der Waals surface area contributed by atoms with Crippen molar-refractivity contribution in [2.45, 2.75) is 24.2 Å². The molecule has 1 aromatic heterocycles. The summed E-state index contributed by atoms with van der Waals surface area (Å²) in [5.74, 6) is 0. The fourth-order valence-corrected chi connectivity index (χ4v) is 4.25. The Labute approximate surface area is 78.5 Å². The van der Waals surface area contributed by atoms with E-state index in [1.807, 2.05) is 18.5 Å². The van der Waals surface area contributed by atoms with Crippen molar-refractivity contribution in [3.8, 4) is 0 Å². The molecule has 0 N–H and O–H groups in total. The number of nitrogens with zero attached hydrogens (tertiary/aromatic N) is 1. The van der Waals surface area contributed by atoms with E-state index in [1.165, 1.54) is 3.58 Å². The monoisotopic (exact) mass is 255 g/mol. The summed E-state index contributed by atoms with van der Waals surface area (Å²) in [6.45, 7) is 6.94. The molecule has 11 heavy (non-hydrogen) atoms.